The molecule has 6 heteroatoms. The molecule has 0 saturated heterocycles. The molecule has 0 spiro atoms. The minimum Gasteiger partial charge on any atom is -0.351 e. The maximum atomic E-state index is 12.5. The molecule has 1 saturated carbocycles. The maximum Gasteiger partial charge on any atom is 0.433 e. The first-order chi connectivity index (χ1) is 9.54. The van der Waals surface area contributed by atoms with E-state index in [-0.39, 0.29) is 12.0 Å². The van der Waals surface area contributed by atoms with E-state index in [1.165, 1.54) is 5.56 Å². The van der Waals surface area contributed by atoms with Crippen molar-refractivity contribution in [1.82, 2.24) is 9.97 Å². The highest BCUT2D eigenvalue weighted by molar-refractivity contribution is 5.37. The molecule has 1 heterocycles. The lowest BCUT2D eigenvalue weighted by atomic mass is 10.1. The van der Waals surface area contributed by atoms with Gasteiger partial charge in [-0.05, 0) is 18.1 Å². The van der Waals surface area contributed by atoms with Crippen LogP contribution in [0.3, 0.4) is 0 Å². The molecule has 0 radical (unpaired) electrons. The Bertz CT molecular complexity index is 598. The second-order valence-electron chi connectivity index (χ2n) is 4.77. The van der Waals surface area contributed by atoms with Crippen LogP contribution in [-0.2, 0) is 6.18 Å². The van der Waals surface area contributed by atoms with E-state index in [2.05, 4.69) is 15.3 Å². The van der Waals surface area contributed by atoms with Gasteiger partial charge in [0.2, 0.25) is 5.95 Å². The van der Waals surface area contributed by atoms with Crippen LogP contribution in [0, 0.1) is 0 Å². The van der Waals surface area contributed by atoms with Crippen molar-refractivity contribution in [1.29, 1.82) is 0 Å². The predicted octanol–water partition coefficient (Wildman–Crippen LogP) is 3.46. The summed E-state index contributed by atoms with van der Waals surface area (Å²) in [6.45, 7) is 0. The zero-order chi connectivity index (χ0) is 14.2. The second-order valence-corrected chi connectivity index (χ2v) is 4.77. The molecule has 0 aliphatic heterocycles. The predicted molar refractivity (Wildman–Crippen MR) is 68.2 cm³/mol. The topological polar surface area (TPSA) is 37.8 Å². The van der Waals surface area contributed by atoms with Crippen LogP contribution < -0.4 is 5.32 Å². The fourth-order valence-corrected chi connectivity index (χ4v) is 2.18. The molecule has 1 fully saturated rings. The summed E-state index contributed by atoms with van der Waals surface area (Å²) in [7, 11) is 0. The van der Waals surface area contributed by atoms with Crippen LogP contribution in [0.1, 0.15) is 23.6 Å². The fourth-order valence-electron chi connectivity index (χ4n) is 2.18. The van der Waals surface area contributed by atoms with E-state index >= 15 is 0 Å². The van der Waals surface area contributed by atoms with Gasteiger partial charge in [-0.2, -0.15) is 13.2 Å². The van der Waals surface area contributed by atoms with Gasteiger partial charge in [-0.25, -0.2) is 9.97 Å². The third kappa shape index (κ3) is 2.74. The van der Waals surface area contributed by atoms with Crippen LogP contribution in [0.5, 0.6) is 0 Å². The van der Waals surface area contributed by atoms with E-state index in [0.29, 0.717) is 5.92 Å². The van der Waals surface area contributed by atoms with E-state index in [4.69, 9.17) is 0 Å². The molecule has 0 unspecified atom stereocenters. The average Bonchev–Trinajstić information content (AvgIpc) is 3.18. The molecule has 20 heavy (non-hydrogen) atoms. The number of halogens is 3. The van der Waals surface area contributed by atoms with E-state index in [1.54, 1.807) is 0 Å². The molecule has 0 bridgehead atoms. The highest BCUT2D eigenvalue weighted by Gasteiger charge is 2.39. The van der Waals surface area contributed by atoms with Gasteiger partial charge in [-0.1, -0.05) is 30.3 Å². The summed E-state index contributed by atoms with van der Waals surface area (Å²) in [5.41, 5.74) is 0.254. The van der Waals surface area contributed by atoms with Crippen molar-refractivity contribution in [2.75, 3.05) is 5.32 Å². The average molecular weight is 279 g/mol. The standard InChI is InChI=1S/C14H12F3N3/c15-14(16,17)12-6-7-18-13(20-12)19-11-8-10(11)9-4-2-1-3-5-9/h1-7,10-11H,8H2,(H,18,19,20)/t10-,11+/m1/s1. The summed E-state index contributed by atoms with van der Waals surface area (Å²) in [4.78, 5) is 7.34. The number of hydrogen-bond acceptors (Lipinski definition) is 3. The van der Waals surface area contributed by atoms with Crippen molar-refractivity contribution in [3.63, 3.8) is 0 Å². The van der Waals surface area contributed by atoms with Gasteiger partial charge in [0.05, 0.1) is 0 Å². The molecule has 0 amide bonds. The van der Waals surface area contributed by atoms with Crippen LogP contribution >= 0.6 is 0 Å². The SMILES string of the molecule is FC(F)(F)c1ccnc(N[C@H]2C[C@@H]2c2ccccc2)n1. The quantitative estimate of drug-likeness (QED) is 0.935. The molecule has 1 aliphatic carbocycles. The maximum absolute atomic E-state index is 12.5. The third-order valence-electron chi connectivity index (χ3n) is 3.28. The minimum absolute atomic E-state index is 0.0308. The number of nitrogens with zero attached hydrogens (tertiary/aromatic N) is 2. The van der Waals surface area contributed by atoms with E-state index < -0.39 is 11.9 Å². The molecule has 3 rings (SSSR count). The minimum atomic E-state index is -4.44. The number of rotatable bonds is 3. The summed E-state index contributed by atoms with van der Waals surface area (Å²) >= 11 is 0. The zero-order valence-electron chi connectivity index (χ0n) is 10.4. The number of alkyl halides is 3. The number of nitrogens with one attached hydrogen (secondary N) is 1. The number of anilines is 1. The largest absolute Gasteiger partial charge is 0.433 e. The number of aromatic nitrogens is 2. The van der Waals surface area contributed by atoms with Gasteiger partial charge >= 0.3 is 6.18 Å². The van der Waals surface area contributed by atoms with Gasteiger partial charge in [0, 0.05) is 18.2 Å². The molecular formula is C14H12F3N3. The van der Waals surface area contributed by atoms with Crippen molar-refractivity contribution in [3.8, 4) is 0 Å². The summed E-state index contributed by atoms with van der Waals surface area (Å²) in [5, 5.41) is 2.95. The van der Waals surface area contributed by atoms with E-state index in [0.717, 1.165) is 18.7 Å². The first-order valence-electron chi connectivity index (χ1n) is 6.26. The van der Waals surface area contributed by atoms with Gasteiger partial charge < -0.3 is 5.32 Å². The van der Waals surface area contributed by atoms with Crippen molar-refractivity contribution in [3.05, 3.63) is 53.9 Å². The van der Waals surface area contributed by atoms with Gasteiger partial charge in [0.25, 0.3) is 0 Å². The van der Waals surface area contributed by atoms with Crippen molar-refractivity contribution in [2.24, 2.45) is 0 Å². The second kappa shape index (κ2) is 4.77. The monoisotopic (exact) mass is 279 g/mol. The van der Waals surface area contributed by atoms with Gasteiger partial charge in [-0.15, -0.1) is 0 Å². The van der Waals surface area contributed by atoms with Crippen LogP contribution in [0.25, 0.3) is 0 Å². The Morgan fingerprint density at radius 1 is 1.10 bits per heavy atom. The lowest BCUT2D eigenvalue weighted by Gasteiger charge is -2.08. The first-order valence-corrected chi connectivity index (χ1v) is 6.26. The lowest BCUT2D eigenvalue weighted by Crippen LogP contribution is -2.13. The van der Waals surface area contributed by atoms with Crippen molar-refractivity contribution >= 4 is 5.95 Å². The summed E-state index contributed by atoms with van der Waals surface area (Å²) in [6, 6.07) is 10.8. The molecule has 1 N–H and O–H groups in total. The Kier molecular flexibility index (Phi) is 3.08. The number of hydrogen-bond donors (Lipinski definition) is 1. The Morgan fingerprint density at radius 3 is 2.55 bits per heavy atom. The van der Waals surface area contributed by atoms with E-state index in [1.807, 2.05) is 30.3 Å². The highest BCUT2D eigenvalue weighted by atomic mass is 19.4. The zero-order valence-corrected chi connectivity index (χ0v) is 10.4. The van der Waals surface area contributed by atoms with Gasteiger partial charge in [-0.3, -0.25) is 0 Å². The Balaban J connectivity index is 1.69. The van der Waals surface area contributed by atoms with E-state index in [9.17, 15) is 13.2 Å². The Morgan fingerprint density at radius 2 is 1.85 bits per heavy atom. The summed E-state index contributed by atoms with van der Waals surface area (Å²) < 4.78 is 37.6. The Hall–Kier alpha value is -2.11. The van der Waals surface area contributed by atoms with Crippen molar-refractivity contribution in [2.45, 2.75) is 24.6 Å². The van der Waals surface area contributed by atoms with Crippen LogP contribution in [0.4, 0.5) is 19.1 Å². The lowest BCUT2D eigenvalue weighted by molar-refractivity contribution is -0.141. The Labute approximate surface area is 113 Å². The highest BCUT2D eigenvalue weighted by Crippen LogP contribution is 2.42. The molecule has 3 nitrogen and oxygen atoms in total. The van der Waals surface area contributed by atoms with Crippen LogP contribution in [0.2, 0.25) is 0 Å². The van der Waals surface area contributed by atoms with Crippen LogP contribution in [0.15, 0.2) is 42.6 Å². The van der Waals surface area contributed by atoms with Crippen molar-refractivity contribution < 1.29 is 13.2 Å². The molecule has 104 valence electrons. The molecule has 1 aliphatic rings. The summed E-state index contributed by atoms with van der Waals surface area (Å²) in [6.07, 6.45) is -2.44. The summed E-state index contributed by atoms with van der Waals surface area (Å²) in [5.74, 6) is 0.345. The van der Waals surface area contributed by atoms with Gasteiger partial charge in [0.15, 0.2) is 0 Å². The molecule has 1 aromatic heterocycles. The number of benzene rings is 1. The smallest absolute Gasteiger partial charge is 0.351 e. The molecule has 2 atom stereocenters. The van der Waals surface area contributed by atoms with Crippen LogP contribution in [-0.4, -0.2) is 16.0 Å². The first kappa shape index (κ1) is 12.9. The normalized spacial score (nSPS) is 21.6. The molecule has 2 aromatic rings. The third-order valence-corrected chi connectivity index (χ3v) is 3.28. The molecular weight excluding hydrogens is 267 g/mol. The molecule has 1 aromatic carbocycles. The van der Waals surface area contributed by atoms with Gasteiger partial charge in [0.1, 0.15) is 5.69 Å². The fraction of sp³-hybridized carbons (Fsp3) is 0.286.